The Labute approximate surface area is 259 Å². The predicted molar refractivity (Wildman–Crippen MR) is 156 cm³/mol. The maximum atomic E-state index is 13.5. The van der Waals surface area contributed by atoms with Gasteiger partial charge in [-0.25, -0.2) is 18.2 Å². The molecule has 12 nitrogen and oxygen atoms in total. The number of nitrogens with zero attached hydrogens (tertiary/aromatic N) is 5. The molecular weight excluding hydrogens is 631 g/mol. The van der Waals surface area contributed by atoms with Crippen LogP contribution in [0.15, 0.2) is 53.6 Å². The van der Waals surface area contributed by atoms with Crippen LogP contribution in [0, 0.1) is 0 Å². The van der Waals surface area contributed by atoms with Crippen molar-refractivity contribution in [2.24, 2.45) is 0 Å². The Morgan fingerprint density at radius 3 is 2.40 bits per heavy atom. The predicted octanol–water partition coefficient (Wildman–Crippen LogP) is 0.334. The first-order valence-electron chi connectivity index (χ1n) is 12.5. The molecule has 3 aromatic rings. The van der Waals surface area contributed by atoms with Gasteiger partial charge in [-0.3, -0.25) is 9.10 Å². The minimum absolute atomic E-state index is 0. The first-order chi connectivity index (χ1) is 19.2. The number of aromatic nitrogens is 2. The molecule has 1 aliphatic heterocycles. The van der Waals surface area contributed by atoms with Crippen LogP contribution in [0.5, 0.6) is 0 Å². The molecule has 0 bridgehead atoms. The Bertz CT molecular complexity index is 1570. The number of likely N-dealkylation sites (N-methyl/N-ethyl adjacent to an activating group) is 1. The number of sulfonamides is 1. The second-order valence-corrected chi connectivity index (χ2v) is 12.8. The van der Waals surface area contributed by atoms with Gasteiger partial charge in [-0.15, -0.1) is 0 Å². The highest BCUT2D eigenvalue weighted by atomic mass is 35.5. The Morgan fingerprint density at radius 1 is 1.07 bits per heavy atom. The van der Waals surface area contributed by atoms with E-state index in [1.165, 1.54) is 24.3 Å². The molecule has 226 valence electrons. The van der Waals surface area contributed by atoms with Crippen molar-refractivity contribution in [2.45, 2.75) is 11.3 Å². The highest BCUT2D eigenvalue weighted by Crippen LogP contribution is 2.37. The minimum atomic E-state index is -4.31. The van der Waals surface area contributed by atoms with Crippen molar-refractivity contribution < 1.29 is 45.1 Å². The summed E-state index contributed by atoms with van der Waals surface area (Å²) in [6.45, 7) is 0.802. The zero-order valence-electron chi connectivity index (χ0n) is 22.7. The van der Waals surface area contributed by atoms with Gasteiger partial charge in [0.05, 0.1) is 37.8 Å². The van der Waals surface area contributed by atoms with Gasteiger partial charge < -0.3 is 37.3 Å². The van der Waals surface area contributed by atoms with E-state index >= 15 is 0 Å². The molecule has 0 radical (unpaired) electrons. The normalized spacial score (nSPS) is 12.8. The Morgan fingerprint density at radius 2 is 1.76 bits per heavy atom. The Hall–Kier alpha value is -3.36. The number of carboxylic acid groups (broad SMARTS) is 2. The number of aliphatic carboxylic acids is 2. The van der Waals surface area contributed by atoms with Crippen LogP contribution in [-0.2, 0) is 26.0 Å². The second kappa shape index (κ2) is 13.3. The molecule has 0 amide bonds. The summed E-state index contributed by atoms with van der Waals surface area (Å²) in [6.07, 6.45) is 2.17. The lowest BCUT2D eigenvalue weighted by molar-refractivity contribution is -0.881. The van der Waals surface area contributed by atoms with Crippen LogP contribution in [-0.4, -0.2) is 91.8 Å². The lowest BCUT2D eigenvalue weighted by Crippen LogP contribution is -3.00. The van der Waals surface area contributed by atoms with Crippen molar-refractivity contribution in [1.82, 2.24) is 9.97 Å². The third kappa shape index (κ3) is 7.92. The summed E-state index contributed by atoms with van der Waals surface area (Å²) in [6, 6.07) is 10.4. The fourth-order valence-electron chi connectivity index (χ4n) is 4.50. The summed E-state index contributed by atoms with van der Waals surface area (Å²) in [4.78, 5) is 33.4. The largest absolute Gasteiger partial charge is 1.00 e. The highest BCUT2D eigenvalue weighted by molar-refractivity contribution is 7.92. The third-order valence-electron chi connectivity index (χ3n) is 6.42. The van der Waals surface area contributed by atoms with E-state index in [1.807, 2.05) is 19.0 Å². The third-order valence-corrected chi connectivity index (χ3v) is 8.61. The maximum Gasteiger partial charge on any atom is 0.359 e. The Kier molecular flexibility index (Phi) is 10.5. The first-order valence-corrected chi connectivity index (χ1v) is 14.7. The first kappa shape index (κ1) is 33.1. The van der Waals surface area contributed by atoms with E-state index in [2.05, 4.69) is 15.3 Å². The highest BCUT2D eigenvalue weighted by Gasteiger charge is 2.30. The van der Waals surface area contributed by atoms with E-state index in [0.29, 0.717) is 42.3 Å². The Balaban J connectivity index is 0.00000484. The second-order valence-electron chi connectivity index (χ2n) is 10.1. The number of nitrogens with one attached hydrogen (secondary N) is 1. The summed E-state index contributed by atoms with van der Waals surface area (Å²) >= 11 is 12.0. The number of quaternary nitrogens is 1. The van der Waals surface area contributed by atoms with Crippen molar-refractivity contribution in [3.05, 3.63) is 64.3 Å². The van der Waals surface area contributed by atoms with Crippen LogP contribution in [0.4, 0.5) is 23.1 Å². The fourth-order valence-corrected chi connectivity index (χ4v) is 6.64. The molecular formula is C26H29Cl3N6O6S. The van der Waals surface area contributed by atoms with Crippen LogP contribution in [0.3, 0.4) is 0 Å². The topological polar surface area (TPSA) is 153 Å². The molecule has 0 saturated carbocycles. The zero-order valence-corrected chi connectivity index (χ0v) is 25.8. The summed E-state index contributed by atoms with van der Waals surface area (Å²) < 4.78 is 28.1. The molecule has 0 unspecified atom stereocenters. The molecule has 2 heterocycles. The zero-order chi connectivity index (χ0) is 29.9. The molecule has 0 spiro atoms. The van der Waals surface area contributed by atoms with Gasteiger partial charge in [0.15, 0.2) is 6.54 Å². The number of anilines is 4. The molecule has 4 rings (SSSR count). The van der Waals surface area contributed by atoms with Crippen molar-refractivity contribution in [2.75, 3.05) is 61.3 Å². The average Bonchev–Trinajstić information content (AvgIpc) is 3.29. The molecule has 1 aliphatic rings. The smallest absolute Gasteiger partial charge is 0.359 e. The van der Waals surface area contributed by atoms with E-state index in [0.717, 1.165) is 15.6 Å². The van der Waals surface area contributed by atoms with E-state index in [-0.39, 0.29) is 39.6 Å². The maximum absolute atomic E-state index is 13.5. The van der Waals surface area contributed by atoms with Crippen LogP contribution < -0.4 is 26.9 Å². The van der Waals surface area contributed by atoms with E-state index < -0.39 is 28.5 Å². The SMILES string of the molecule is C[N+](C)(CCNc1ccnc(N2CCc3cc(N(CC(=O)O)S(=O)(=O)c4cc(Cl)cc(Cl)c4)ccc32)n1)CC(=O)O.[Cl-]. The van der Waals surface area contributed by atoms with Crippen LogP contribution >= 0.6 is 23.2 Å². The average molecular weight is 660 g/mol. The lowest BCUT2D eigenvalue weighted by atomic mass is 10.1. The number of fused-ring (bicyclic) bond motifs is 1. The number of hydrogen-bond acceptors (Lipinski definition) is 8. The number of carbonyl (C=O) groups is 2. The van der Waals surface area contributed by atoms with Crippen LogP contribution in [0.2, 0.25) is 10.0 Å². The van der Waals surface area contributed by atoms with Crippen molar-refractivity contribution in [1.29, 1.82) is 0 Å². The number of benzene rings is 2. The van der Waals surface area contributed by atoms with E-state index in [1.54, 1.807) is 24.4 Å². The van der Waals surface area contributed by atoms with Crippen molar-refractivity contribution in [3.63, 3.8) is 0 Å². The molecule has 0 aliphatic carbocycles. The van der Waals surface area contributed by atoms with Crippen molar-refractivity contribution in [3.8, 4) is 0 Å². The van der Waals surface area contributed by atoms with Gasteiger partial charge in [-0.1, -0.05) is 23.2 Å². The summed E-state index contributed by atoms with van der Waals surface area (Å²) in [5, 5.41) is 22.0. The van der Waals surface area contributed by atoms with Gasteiger partial charge in [0.25, 0.3) is 10.0 Å². The standard InChI is InChI=1S/C26H28Cl2N6O6S.ClH/c1-34(2,16-25(37)38)10-8-29-23-5-7-30-26(31-23)32-9-6-17-11-20(3-4-22(17)32)33(15-24(35)36)41(39,40)21-13-18(27)12-19(28)14-21;/h3-5,7,11-14H,6,8-10,15-16H2,1-2H3,(H2-,29,30,31,35,36,37,38);1H. The van der Waals surface area contributed by atoms with Gasteiger partial charge in [0.2, 0.25) is 5.95 Å². The molecule has 2 aromatic carbocycles. The minimum Gasteiger partial charge on any atom is -1.00 e. The summed E-state index contributed by atoms with van der Waals surface area (Å²) in [7, 11) is -0.632. The molecule has 0 fully saturated rings. The molecule has 16 heteroatoms. The summed E-state index contributed by atoms with van der Waals surface area (Å²) in [5.41, 5.74) is 1.75. The molecule has 3 N–H and O–H groups in total. The van der Waals surface area contributed by atoms with Gasteiger partial charge in [0.1, 0.15) is 12.4 Å². The van der Waals surface area contributed by atoms with Crippen molar-refractivity contribution >= 4 is 68.3 Å². The van der Waals surface area contributed by atoms with Gasteiger partial charge in [0, 0.05) is 28.5 Å². The van der Waals surface area contributed by atoms with Gasteiger partial charge in [-0.05, 0) is 54.4 Å². The van der Waals surface area contributed by atoms with E-state index in [4.69, 9.17) is 28.3 Å². The van der Waals surface area contributed by atoms with Gasteiger partial charge in [-0.2, -0.15) is 4.98 Å². The molecule has 0 saturated heterocycles. The summed E-state index contributed by atoms with van der Waals surface area (Å²) in [5.74, 6) is -1.18. The molecule has 42 heavy (non-hydrogen) atoms. The molecule has 0 atom stereocenters. The number of halogens is 3. The number of rotatable bonds is 12. The van der Waals surface area contributed by atoms with E-state index in [9.17, 15) is 23.1 Å². The van der Waals surface area contributed by atoms with Gasteiger partial charge >= 0.3 is 11.9 Å². The quantitative estimate of drug-likeness (QED) is 0.232. The number of carboxylic acids is 2. The lowest BCUT2D eigenvalue weighted by Gasteiger charge is -2.27. The number of hydrogen-bond donors (Lipinski definition) is 3. The monoisotopic (exact) mass is 658 g/mol. The van der Waals surface area contributed by atoms with Crippen LogP contribution in [0.1, 0.15) is 5.56 Å². The fraction of sp³-hybridized carbons (Fsp3) is 0.308. The molecule has 1 aromatic heterocycles. The van der Waals surface area contributed by atoms with Crippen LogP contribution in [0.25, 0.3) is 0 Å².